The highest BCUT2D eigenvalue weighted by atomic mass is 35.5. The van der Waals surface area contributed by atoms with E-state index >= 15 is 0 Å². The van der Waals surface area contributed by atoms with E-state index in [2.05, 4.69) is 9.46 Å². The summed E-state index contributed by atoms with van der Waals surface area (Å²) in [6.45, 7) is 1.54. The molecule has 124 valence electrons. The van der Waals surface area contributed by atoms with E-state index in [4.69, 9.17) is 23.2 Å². The van der Waals surface area contributed by atoms with Gasteiger partial charge in [0.05, 0.1) is 17.1 Å². The maximum Gasteiger partial charge on any atom is 0.341 e. The molecule has 0 amide bonds. The maximum atomic E-state index is 12.4. The molecule has 0 aliphatic rings. The Balaban J connectivity index is 2.38. The van der Waals surface area contributed by atoms with Crippen molar-refractivity contribution in [3.63, 3.8) is 0 Å². The van der Waals surface area contributed by atoms with Crippen LogP contribution >= 0.6 is 34.5 Å². The van der Waals surface area contributed by atoms with E-state index in [1.54, 1.807) is 0 Å². The number of ether oxygens (including phenoxy) is 1. The van der Waals surface area contributed by atoms with Gasteiger partial charge in [-0.3, -0.25) is 4.72 Å². The molecule has 0 aliphatic carbocycles. The highest BCUT2D eigenvalue weighted by Gasteiger charge is 2.25. The van der Waals surface area contributed by atoms with Gasteiger partial charge in [0, 0.05) is 11.6 Å². The van der Waals surface area contributed by atoms with Gasteiger partial charge in [-0.2, -0.15) is 0 Å². The minimum absolute atomic E-state index is 0.0374. The molecular weight excluding hydrogens is 385 g/mol. The van der Waals surface area contributed by atoms with Crippen LogP contribution in [0.1, 0.15) is 15.9 Å². The molecule has 0 fully saturated rings. The number of phenolic OH excluding ortho intramolecular Hbond substituents is 1. The molecule has 1 aromatic heterocycles. The van der Waals surface area contributed by atoms with E-state index in [0.29, 0.717) is 5.56 Å². The zero-order chi connectivity index (χ0) is 17.4. The van der Waals surface area contributed by atoms with Gasteiger partial charge in [-0.15, -0.1) is 11.3 Å². The van der Waals surface area contributed by atoms with Crippen molar-refractivity contribution in [3.05, 3.63) is 38.0 Å². The number of nitrogens with one attached hydrogen (secondary N) is 1. The van der Waals surface area contributed by atoms with E-state index in [1.807, 2.05) is 0 Å². The largest absolute Gasteiger partial charge is 0.507 e. The van der Waals surface area contributed by atoms with Gasteiger partial charge < -0.3 is 9.84 Å². The van der Waals surface area contributed by atoms with Crippen LogP contribution in [0.15, 0.2) is 23.1 Å². The number of carbonyl (C=O) groups is 1. The summed E-state index contributed by atoms with van der Waals surface area (Å²) >= 11 is 12.8. The van der Waals surface area contributed by atoms with E-state index in [0.717, 1.165) is 17.4 Å². The van der Waals surface area contributed by atoms with Crippen LogP contribution in [0.4, 0.5) is 5.69 Å². The Bertz CT molecular complexity index is 877. The number of hydrogen-bond donors (Lipinski definition) is 2. The molecule has 2 aromatic rings. The summed E-state index contributed by atoms with van der Waals surface area (Å²) in [7, 11) is -2.82. The van der Waals surface area contributed by atoms with Crippen LogP contribution in [0, 0.1) is 6.92 Å². The van der Waals surface area contributed by atoms with E-state index < -0.39 is 21.7 Å². The number of hydrogen-bond acceptors (Lipinski definition) is 6. The Labute approximate surface area is 146 Å². The maximum absolute atomic E-state index is 12.4. The Kier molecular flexibility index (Phi) is 5.10. The topological polar surface area (TPSA) is 92.7 Å². The Hall–Kier alpha value is -1.48. The van der Waals surface area contributed by atoms with E-state index in [1.165, 1.54) is 26.2 Å². The number of benzene rings is 1. The van der Waals surface area contributed by atoms with Gasteiger partial charge in [-0.05, 0) is 19.1 Å². The van der Waals surface area contributed by atoms with Gasteiger partial charge in [0.2, 0.25) is 0 Å². The highest BCUT2D eigenvalue weighted by Crippen LogP contribution is 2.39. The second-order valence-corrected chi connectivity index (χ2v) is 8.28. The summed E-state index contributed by atoms with van der Waals surface area (Å²) in [4.78, 5) is 11.3. The first kappa shape index (κ1) is 17.9. The second-order valence-electron chi connectivity index (χ2n) is 4.43. The molecule has 23 heavy (non-hydrogen) atoms. The third-order valence-electron chi connectivity index (χ3n) is 2.92. The third kappa shape index (κ3) is 3.55. The van der Waals surface area contributed by atoms with E-state index in [-0.39, 0.29) is 24.8 Å². The molecule has 1 heterocycles. The average molecular weight is 396 g/mol. The summed E-state index contributed by atoms with van der Waals surface area (Å²) in [6.07, 6.45) is 0. The summed E-state index contributed by atoms with van der Waals surface area (Å²) in [5, 5.41) is 9.79. The number of phenols is 1. The van der Waals surface area contributed by atoms with Crippen molar-refractivity contribution in [2.75, 3.05) is 11.8 Å². The van der Waals surface area contributed by atoms with Gasteiger partial charge >= 0.3 is 5.97 Å². The quantitative estimate of drug-likeness (QED) is 0.770. The van der Waals surface area contributed by atoms with Gasteiger partial charge in [0.15, 0.2) is 0 Å². The van der Waals surface area contributed by atoms with Gasteiger partial charge in [-0.1, -0.05) is 23.2 Å². The van der Waals surface area contributed by atoms with Crippen LogP contribution in [0.5, 0.6) is 5.75 Å². The van der Waals surface area contributed by atoms with Crippen LogP contribution in [-0.4, -0.2) is 26.6 Å². The Morgan fingerprint density at radius 3 is 2.43 bits per heavy atom. The van der Waals surface area contributed by atoms with E-state index in [9.17, 15) is 18.3 Å². The zero-order valence-corrected chi connectivity index (χ0v) is 15.0. The molecule has 0 aliphatic heterocycles. The fourth-order valence-corrected chi connectivity index (χ4v) is 5.44. The number of sulfonamides is 1. The van der Waals surface area contributed by atoms with Crippen molar-refractivity contribution in [2.45, 2.75) is 11.8 Å². The lowest BCUT2D eigenvalue weighted by molar-refractivity contribution is 0.0597. The van der Waals surface area contributed by atoms with Crippen molar-refractivity contribution in [2.24, 2.45) is 0 Å². The van der Waals surface area contributed by atoms with Crippen molar-refractivity contribution >= 4 is 56.2 Å². The molecule has 6 nitrogen and oxygen atoms in total. The summed E-state index contributed by atoms with van der Waals surface area (Å²) in [5.74, 6) is -1.15. The number of esters is 1. The molecule has 0 saturated heterocycles. The molecule has 10 heteroatoms. The number of thiophene rings is 1. The normalized spacial score (nSPS) is 11.3. The molecular formula is C13H11Cl2NO5S2. The second kappa shape index (κ2) is 6.56. The average Bonchev–Trinajstić information content (AvgIpc) is 2.71. The molecule has 0 bridgehead atoms. The smallest absolute Gasteiger partial charge is 0.341 e. The molecule has 0 saturated carbocycles. The predicted octanol–water partition coefficient (Wildman–Crippen LogP) is 3.66. The molecule has 0 unspecified atom stereocenters. The Morgan fingerprint density at radius 2 is 1.96 bits per heavy atom. The highest BCUT2D eigenvalue weighted by molar-refractivity contribution is 7.93. The molecule has 0 radical (unpaired) electrons. The third-order valence-corrected chi connectivity index (χ3v) is 6.51. The van der Waals surface area contributed by atoms with Crippen molar-refractivity contribution < 1.29 is 23.1 Å². The molecule has 2 N–H and O–H groups in total. The fraction of sp³-hybridized carbons (Fsp3) is 0.154. The molecule has 1 aromatic carbocycles. The number of anilines is 1. The van der Waals surface area contributed by atoms with Gasteiger partial charge in [-0.25, -0.2) is 13.2 Å². The first-order valence-corrected chi connectivity index (χ1v) is 9.11. The number of halogens is 2. The van der Waals surface area contributed by atoms with Gasteiger partial charge in [0.25, 0.3) is 10.0 Å². The fourth-order valence-electron chi connectivity index (χ4n) is 1.83. The van der Waals surface area contributed by atoms with Crippen LogP contribution < -0.4 is 4.72 Å². The molecule has 2 rings (SSSR count). The summed E-state index contributed by atoms with van der Waals surface area (Å²) in [5.41, 5.74) is 0.320. The van der Waals surface area contributed by atoms with Crippen LogP contribution in [-0.2, 0) is 14.8 Å². The zero-order valence-electron chi connectivity index (χ0n) is 11.9. The predicted molar refractivity (Wildman–Crippen MR) is 89.3 cm³/mol. The SMILES string of the molecule is COC(=O)c1ccc(NS(=O)(=O)c2c(Cl)sc(Cl)c2C)cc1O. The number of rotatable bonds is 4. The summed E-state index contributed by atoms with van der Waals surface area (Å²) in [6, 6.07) is 3.66. The number of methoxy groups -OCH3 is 1. The standard InChI is InChI=1S/C13H11Cl2NO5S2/c1-6-10(12(15)22-11(6)14)23(19,20)16-7-3-4-8(9(17)5-7)13(18)21-2/h3-5,16-17H,1-2H3. The first-order chi connectivity index (χ1) is 10.7. The van der Waals surface area contributed by atoms with Crippen molar-refractivity contribution in [1.82, 2.24) is 0 Å². The monoisotopic (exact) mass is 395 g/mol. The number of carbonyl (C=O) groups excluding carboxylic acids is 1. The van der Waals surface area contributed by atoms with Crippen LogP contribution in [0.2, 0.25) is 8.67 Å². The van der Waals surface area contributed by atoms with Crippen molar-refractivity contribution in [3.8, 4) is 5.75 Å². The number of aromatic hydroxyl groups is 1. The summed E-state index contributed by atoms with van der Waals surface area (Å²) < 4.78 is 31.9. The van der Waals surface area contributed by atoms with Gasteiger partial charge in [0.1, 0.15) is 20.5 Å². The molecule has 0 atom stereocenters. The lowest BCUT2D eigenvalue weighted by Crippen LogP contribution is -2.14. The minimum atomic E-state index is -3.99. The molecule has 0 spiro atoms. The first-order valence-electron chi connectivity index (χ1n) is 6.06. The van der Waals surface area contributed by atoms with Crippen LogP contribution in [0.25, 0.3) is 0 Å². The lowest BCUT2D eigenvalue weighted by atomic mass is 10.2. The minimum Gasteiger partial charge on any atom is -0.507 e. The Morgan fingerprint density at radius 1 is 1.30 bits per heavy atom. The van der Waals surface area contributed by atoms with Crippen LogP contribution in [0.3, 0.4) is 0 Å². The van der Waals surface area contributed by atoms with Crippen molar-refractivity contribution in [1.29, 1.82) is 0 Å². The lowest BCUT2D eigenvalue weighted by Gasteiger charge is -2.10.